The van der Waals surface area contributed by atoms with E-state index in [1.54, 1.807) is 48.8 Å². The fraction of sp³-hybridized carbons (Fsp3) is 0.231. The molecule has 0 saturated heterocycles. The van der Waals surface area contributed by atoms with Gasteiger partial charge < -0.3 is 15.4 Å². The highest BCUT2D eigenvalue weighted by Crippen LogP contribution is 2.32. The van der Waals surface area contributed by atoms with Crippen LogP contribution in [0.15, 0.2) is 66.1 Å². The first-order valence-electron chi connectivity index (χ1n) is 10.5. The van der Waals surface area contributed by atoms with Crippen LogP contribution in [0.5, 0.6) is 5.75 Å². The third kappa shape index (κ3) is 4.92. The van der Waals surface area contributed by atoms with Crippen LogP contribution in [0.3, 0.4) is 0 Å². The van der Waals surface area contributed by atoms with Gasteiger partial charge in [-0.2, -0.15) is 0 Å². The average Bonchev–Trinajstić information content (AvgIpc) is 3.30. The number of nitrogens with one attached hydrogen (secondary N) is 2. The molecule has 2 aromatic carbocycles. The summed E-state index contributed by atoms with van der Waals surface area (Å²) in [5, 5.41) is 8.36. The van der Waals surface area contributed by atoms with E-state index < -0.39 is 0 Å². The van der Waals surface area contributed by atoms with Crippen molar-refractivity contribution in [3.8, 4) is 5.75 Å². The van der Waals surface area contributed by atoms with Gasteiger partial charge in [0, 0.05) is 38.9 Å². The minimum absolute atomic E-state index is 0.121. The van der Waals surface area contributed by atoms with Crippen molar-refractivity contribution in [2.45, 2.75) is 32.4 Å². The second-order valence-electron chi connectivity index (χ2n) is 8.47. The van der Waals surface area contributed by atoms with E-state index in [1.165, 1.54) is 5.56 Å². The molecule has 0 bridgehead atoms. The SMILES string of the molecule is COc1ccc2c(c1)C(=CC(=O)c1ccc(C(=O)NCc3cccs3)cc1)NC(C)(C)C2. The highest BCUT2D eigenvalue weighted by atomic mass is 32.1. The highest BCUT2D eigenvalue weighted by molar-refractivity contribution is 7.09. The van der Waals surface area contributed by atoms with Crippen molar-refractivity contribution >= 4 is 28.7 Å². The second kappa shape index (κ2) is 9.01. The van der Waals surface area contributed by atoms with E-state index in [2.05, 4.69) is 30.5 Å². The molecular formula is C26H26N2O3S. The Morgan fingerprint density at radius 3 is 2.56 bits per heavy atom. The minimum Gasteiger partial charge on any atom is -0.497 e. The topological polar surface area (TPSA) is 67.4 Å². The van der Waals surface area contributed by atoms with Gasteiger partial charge in [0.05, 0.1) is 13.7 Å². The van der Waals surface area contributed by atoms with Crippen molar-refractivity contribution in [1.29, 1.82) is 0 Å². The van der Waals surface area contributed by atoms with Crippen LogP contribution in [-0.2, 0) is 13.0 Å². The standard InChI is InChI=1S/C26H26N2O3S/c1-26(2)15-19-10-11-20(31-3)13-22(19)23(28-26)14-24(29)17-6-8-18(9-7-17)25(30)27-16-21-5-4-12-32-21/h4-14,28H,15-16H2,1-3H3,(H,27,30). The van der Waals surface area contributed by atoms with Crippen LogP contribution in [0, 0.1) is 0 Å². The number of carbonyl (C=O) groups excluding carboxylic acids is 2. The van der Waals surface area contributed by atoms with Gasteiger partial charge in [0.15, 0.2) is 5.78 Å². The highest BCUT2D eigenvalue weighted by Gasteiger charge is 2.28. The number of fused-ring (bicyclic) bond motifs is 1. The van der Waals surface area contributed by atoms with Crippen molar-refractivity contribution < 1.29 is 14.3 Å². The van der Waals surface area contributed by atoms with Crippen LogP contribution in [0.25, 0.3) is 5.70 Å². The van der Waals surface area contributed by atoms with Crippen LogP contribution in [0.2, 0.25) is 0 Å². The number of rotatable bonds is 6. The summed E-state index contributed by atoms with van der Waals surface area (Å²) >= 11 is 1.60. The lowest BCUT2D eigenvalue weighted by atomic mass is 9.85. The zero-order valence-corrected chi connectivity index (χ0v) is 19.2. The molecule has 1 aliphatic heterocycles. The predicted octanol–water partition coefficient (Wildman–Crippen LogP) is 4.83. The molecule has 5 nitrogen and oxygen atoms in total. The molecule has 0 fully saturated rings. The normalized spacial score (nSPS) is 15.5. The van der Waals surface area contributed by atoms with Gasteiger partial charge in [0.2, 0.25) is 0 Å². The summed E-state index contributed by atoms with van der Waals surface area (Å²) in [6.45, 7) is 4.72. The Morgan fingerprint density at radius 1 is 1.12 bits per heavy atom. The van der Waals surface area contributed by atoms with Gasteiger partial charge in [-0.05, 0) is 61.5 Å². The molecule has 2 N–H and O–H groups in total. The Labute approximate surface area is 192 Å². The summed E-state index contributed by atoms with van der Waals surface area (Å²) in [5.41, 5.74) is 3.81. The van der Waals surface area contributed by atoms with E-state index in [0.29, 0.717) is 17.7 Å². The maximum atomic E-state index is 13.0. The fourth-order valence-corrected chi connectivity index (χ4v) is 4.48. The fourth-order valence-electron chi connectivity index (χ4n) is 3.84. The van der Waals surface area contributed by atoms with Gasteiger partial charge in [0.25, 0.3) is 5.91 Å². The molecule has 2 heterocycles. The summed E-state index contributed by atoms with van der Waals surface area (Å²) in [4.78, 5) is 26.5. The molecule has 1 amide bonds. The lowest BCUT2D eigenvalue weighted by molar-refractivity contribution is 0.0950. The second-order valence-corrected chi connectivity index (χ2v) is 9.50. The Hall–Kier alpha value is -3.38. The van der Waals surface area contributed by atoms with Gasteiger partial charge in [0.1, 0.15) is 5.75 Å². The Kier molecular flexibility index (Phi) is 6.15. The molecule has 164 valence electrons. The molecule has 1 aromatic heterocycles. The lowest BCUT2D eigenvalue weighted by Gasteiger charge is -2.35. The third-order valence-corrected chi connectivity index (χ3v) is 6.30. The van der Waals surface area contributed by atoms with Crippen molar-refractivity contribution in [3.63, 3.8) is 0 Å². The zero-order valence-electron chi connectivity index (χ0n) is 18.4. The first kappa shape index (κ1) is 21.8. The Balaban J connectivity index is 1.52. The first-order chi connectivity index (χ1) is 15.3. The van der Waals surface area contributed by atoms with Gasteiger partial charge in [-0.25, -0.2) is 0 Å². The van der Waals surface area contributed by atoms with E-state index in [1.807, 2.05) is 29.6 Å². The number of thiophene rings is 1. The molecule has 4 rings (SSSR count). The van der Waals surface area contributed by atoms with Gasteiger partial charge in [-0.1, -0.05) is 24.3 Å². The number of hydrogen-bond donors (Lipinski definition) is 2. The Morgan fingerprint density at radius 2 is 1.88 bits per heavy atom. The quantitative estimate of drug-likeness (QED) is 0.420. The van der Waals surface area contributed by atoms with Crippen LogP contribution < -0.4 is 15.4 Å². The molecule has 0 atom stereocenters. The molecule has 0 saturated carbocycles. The molecule has 0 unspecified atom stereocenters. The van der Waals surface area contributed by atoms with Crippen LogP contribution in [0.4, 0.5) is 0 Å². The Bertz CT molecular complexity index is 1160. The molecule has 0 aliphatic carbocycles. The number of amides is 1. The van der Waals surface area contributed by atoms with E-state index in [9.17, 15) is 9.59 Å². The number of ketones is 1. The van der Waals surface area contributed by atoms with Gasteiger partial charge in [-0.3, -0.25) is 9.59 Å². The number of hydrogen-bond acceptors (Lipinski definition) is 5. The average molecular weight is 447 g/mol. The number of benzene rings is 2. The van der Waals surface area contributed by atoms with Crippen molar-refractivity contribution in [3.05, 3.63) is 93.2 Å². The zero-order chi connectivity index (χ0) is 22.7. The molecule has 1 aliphatic rings. The first-order valence-corrected chi connectivity index (χ1v) is 11.3. The largest absolute Gasteiger partial charge is 0.497 e. The molecule has 3 aromatic rings. The van der Waals surface area contributed by atoms with Crippen LogP contribution in [-0.4, -0.2) is 24.3 Å². The summed E-state index contributed by atoms with van der Waals surface area (Å²) in [6, 6.07) is 16.7. The maximum Gasteiger partial charge on any atom is 0.251 e. The number of allylic oxidation sites excluding steroid dienone is 1. The van der Waals surface area contributed by atoms with Crippen LogP contribution in [0.1, 0.15) is 50.6 Å². The number of ether oxygens (including phenoxy) is 1. The van der Waals surface area contributed by atoms with Gasteiger partial charge >= 0.3 is 0 Å². The van der Waals surface area contributed by atoms with Crippen LogP contribution >= 0.6 is 11.3 Å². The molecule has 0 radical (unpaired) electrons. The summed E-state index contributed by atoms with van der Waals surface area (Å²) < 4.78 is 5.37. The predicted molar refractivity (Wildman–Crippen MR) is 128 cm³/mol. The van der Waals surface area contributed by atoms with E-state index in [4.69, 9.17) is 4.74 Å². The van der Waals surface area contributed by atoms with Gasteiger partial charge in [-0.15, -0.1) is 11.3 Å². The monoisotopic (exact) mass is 446 g/mol. The molecule has 0 spiro atoms. The summed E-state index contributed by atoms with van der Waals surface area (Å²) in [5.74, 6) is 0.471. The summed E-state index contributed by atoms with van der Waals surface area (Å²) in [6.07, 6.45) is 2.48. The third-order valence-electron chi connectivity index (χ3n) is 5.42. The molecular weight excluding hydrogens is 420 g/mol. The van der Waals surface area contributed by atoms with Crippen molar-refractivity contribution in [2.24, 2.45) is 0 Å². The van der Waals surface area contributed by atoms with Crippen molar-refractivity contribution in [1.82, 2.24) is 10.6 Å². The maximum absolute atomic E-state index is 13.0. The van der Waals surface area contributed by atoms with E-state index in [0.717, 1.165) is 28.3 Å². The molecule has 6 heteroatoms. The van der Waals surface area contributed by atoms with Crippen molar-refractivity contribution in [2.75, 3.05) is 7.11 Å². The smallest absolute Gasteiger partial charge is 0.251 e. The lowest BCUT2D eigenvalue weighted by Crippen LogP contribution is -2.43. The summed E-state index contributed by atoms with van der Waals surface area (Å²) in [7, 11) is 1.63. The van der Waals surface area contributed by atoms with E-state index in [-0.39, 0.29) is 17.2 Å². The number of carbonyl (C=O) groups is 2. The molecule has 32 heavy (non-hydrogen) atoms. The van der Waals surface area contributed by atoms with E-state index >= 15 is 0 Å². The minimum atomic E-state index is -0.168. The number of methoxy groups -OCH3 is 1.